The van der Waals surface area contributed by atoms with Crippen molar-refractivity contribution < 1.29 is 0 Å². The molecular formula is C36H47P. The minimum Gasteiger partial charge on any atom is -0.0654 e. The lowest BCUT2D eigenvalue weighted by atomic mass is 9.66. The maximum absolute atomic E-state index is 2.48. The standard InChI is InChI=1S/C36H47P/c1-3-13-28-20-22-29(23-21-28)30-24-26-31(27-25-30)34(4-2)35-18-11-12-19-36(35)37(32-14-7-5-8-15-32)33-16-9-6-10-17-33/h5-12,14-19,28-31,34H,3-4,13,20-27H2,1-2H3. The van der Waals surface area contributed by atoms with E-state index in [0.29, 0.717) is 5.92 Å². The molecule has 0 spiro atoms. The van der Waals surface area contributed by atoms with Crippen LogP contribution in [0.4, 0.5) is 0 Å². The van der Waals surface area contributed by atoms with Crippen LogP contribution >= 0.6 is 7.92 Å². The fourth-order valence-corrected chi connectivity index (χ4v) is 10.3. The fraction of sp³-hybridized carbons (Fsp3) is 0.500. The molecule has 2 aliphatic carbocycles. The molecule has 0 aliphatic heterocycles. The Morgan fingerprint density at radius 1 is 0.622 bits per heavy atom. The van der Waals surface area contributed by atoms with Gasteiger partial charge in [0.2, 0.25) is 0 Å². The molecule has 5 rings (SSSR count). The van der Waals surface area contributed by atoms with Crippen molar-refractivity contribution in [3.05, 3.63) is 90.5 Å². The molecule has 0 aromatic heterocycles. The molecule has 0 amide bonds. The first-order valence-electron chi connectivity index (χ1n) is 15.3. The average Bonchev–Trinajstić information content (AvgIpc) is 2.97. The zero-order valence-corrected chi connectivity index (χ0v) is 24.1. The lowest BCUT2D eigenvalue weighted by Gasteiger charge is -2.40. The Labute approximate surface area is 228 Å². The predicted octanol–water partition coefficient (Wildman–Crippen LogP) is 9.35. The summed E-state index contributed by atoms with van der Waals surface area (Å²) < 4.78 is 0. The van der Waals surface area contributed by atoms with Crippen molar-refractivity contribution in [2.75, 3.05) is 0 Å². The summed E-state index contributed by atoms with van der Waals surface area (Å²) in [6, 6.07) is 32.0. The largest absolute Gasteiger partial charge is 0.0654 e. The van der Waals surface area contributed by atoms with Crippen molar-refractivity contribution in [2.24, 2.45) is 23.7 Å². The van der Waals surface area contributed by atoms with Gasteiger partial charge in [-0.2, -0.15) is 0 Å². The van der Waals surface area contributed by atoms with Crippen LogP contribution in [0.5, 0.6) is 0 Å². The van der Waals surface area contributed by atoms with Crippen LogP contribution in [-0.4, -0.2) is 0 Å². The Kier molecular flexibility index (Phi) is 9.55. The van der Waals surface area contributed by atoms with Crippen molar-refractivity contribution in [3.63, 3.8) is 0 Å². The molecule has 1 unspecified atom stereocenters. The third kappa shape index (κ3) is 6.40. The molecule has 196 valence electrons. The molecule has 1 heteroatoms. The third-order valence-electron chi connectivity index (χ3n) is 9.69. The summed E-state index contributed by atoms with van der Waals surface area (Å²) >= 11 is 0. The van der Waals surface area contributed by atoms with Crippen LogP contribution in [0.1, 0.15) is 96.0 Å². The van der Waals surface area contributed by atoms with Gasteiger partial charge in [0.15, 0.2) is 0 Å². The normalized spacial score (nSPS) is 25.2. The zero-order valence-electron chi connectivity index (χ0n) is 23.2. The summed E-state index contributed by atoms with van der Waals surface area (Å²) in [5, 5.41) is 4.51. The fourth-order valence-electron chi connectivity index (χ4n) is 7.77. The number of hydrogen-bond acceptors (Lipinski definition) is 0. The Morgan fingerprint density at radius 2 is 1.14 bits per heavy atom. The van der Waals surface area contributed by atoms with Gasteiger partial charge in [0.05, 0.1) is 0 Å². The van der Waals surface area contributed by atoms with Crippen molar-refractivity contribution in [2.45, 2.75) is 90.4 Å². The van der Waals surface area contributed by atoms with E-state index in [1.165, 1.54) is 81.2 Å². The topological polar surface area (TPSA) is 0 Å². The quantitative estimate of drug-likeness (QED) is 0.252. The molecule has 0 bridgehead atoms. The van der Waals surface area contributed by atoms with Gasteiger partial charge in [-0.25, -0.2) is 0 Å². The monoisotopic (exact) mass is 510 g/mol. The first kappa shape index (κ1) is 26.7. The minimum absolute atomic E-state index is 0.553. The van der Waals surface area contributed by atoms with Gasteiger partial charge in [-0.05, 0) is 104 Å². The van der Waals surface area contributed by atoms with Crippen LogP contribution in [0.15, 0.2) is 84.9 Å². The van der Waals surface area contributed by atoms with E-state index in [2.05, 4.69) is 98.8 Å². The highest BCUT2D eigenvalue weighted by atomic mass is 31.1. The molecule has 0 radical (unpaired) electrons. The van der Waals surface area contributed by atoms with E-state index in [1.807, 2.05) is 0 Å². The lowest BCUT2D eigenvalue weighted by molar-refractivity contribution is 0.135. The molecule has 0 saturated heterocycles. The molecular weight excluding hydrogens is 463 g/mol. The van der Waals surface area contributed by atoms with E-state index < -0.39 is 7.92 Å². The van der Waals surface area contributed by atoms with E-state index in [-0.39, 0.29) is 0 Å². The SMILES string of the molecule is CCCC1CCC(C2CCC(C(CC)c3ccccc3P(c3ccccc3)c3ccccc3)CC2)CC1. The van der Waals surface area contributed by atoms with Gasteiger partial charge in [0, 0.05) is 0 Å². The van der Waals surface area contributed by atoms with Crippen molar-refractivity contribution in [1.29, 1.82) is 0 Å². The van der Waals surface area contributed by atoms with E-state index in [1.54, 1.807) is 10.9 Å². The second kappa shape index (κ2) is 13.2. The predicted molar refractivity (Wildman–Crippen MR) is 164 cm³/mol. The Bertz CT molecular complexity index is 1020. The molecule has 0 nitrogen and oxygen atoms in total. The van der Waals surface area contributed by atoms with Crippen molar-refractivity contribution in [1.82, 2.24) is 0 Å². The number of hydrogen-bond donors (Lipinski definition) is 0. The summed E-state index contributed by atoms with van der Waals surface area (Å²) in [6.07, 6.45) is 15.9. The van der Waals surface area contributed by atoms with Crippen LogP contribution in [-0.2, 0) is 0 Å². The summed E-state index contributed by atoms with van der Waals surface area (Å²) in [5.74, 6) is 4.56. The first-order valence-corrected chi connectivity index (χ1v) is 16.6. The second-order valence-electron chi connectivity index (χ2n) is 11.8. The smallest absolute Gasteiger partial charge is 0.0116 e. The van der Waals surface area contributed by atoms with Crippen LogP contribution in [0.3, 0.4) is 0 Å². The molecule has 3 aromatic carbocycles. The maximum atomic E-state index is 2.48. The van der Waals surface area contributed by atoms with Crippen LogP contribution in [0.25, 0.3) is 0 Å². The minimum atomic E-state index is -0.553. The maximum Gasteiger partial charge on any atom is -0.0116 e. The molecule has 2 saturated carbocycles. The summed E-state index contributed by atoms with van der Waals surface area (Å²) in [4.78, 5) is 0. The van der Waals surface area contributed by atoms with Crippen LogP contribution in [0.2, 0.25) is 0 Å². The van der Waals surface area contributed by atoms with Crippen LogP contribution < -0.4 is 15.9 Å². The van der Waals surface area contributed by atoms with Crippen LogP contribution in [0, 0.1) is 23.7 Å². The average molecular weight is 511 g/mol. The highest BCUT2D eigenvalue weighted by Gasteiger charge is 2.34. The van der Waals surface area contributed by atoms with Gasteiger partial charge in [-0.15, -0.1) is 0 Å². The summed E-state index contributed by atoms with van der Waals surface area (Å²) in [6.45, 7) is 4.80. The zero-order chi connectivity index (χ0) is 25.5. The Morgan fingerprint density at radius 3 is 1.68 bits per heavy atom. The number of benzene rings is 3. The van der Waals surface area contributed by atoms with E-state index in [4.69, 9.17) is 0 Å². The Balaban J connectivity index is 1.34. The first-order chi connectivity index (χ1) is 18.3. The van der Waals surface area contributed by atoms with Gasteiger partial charge in [0.1, 0.15) is 0 Å². The Hall–Kier alpha value is -1.91. The highest BCUT2D eigenvalue weighted by molar-refractivity contribution is 7.79. The highest BCUT2D eigenvalue weighted by Crippen LogP contribution is 2.47. The molecule has 37 heavy (non-hydrogen) atoms. The van der Waals surface area contributed by atoms with Gasteiger partial charge in [0.25, 0.3) is 0 Å². The van der Waals surface area contributed by atoms with E-state index in [0.717, 1.165) is 23.7 Å². The third-order valence-corrected chi connectivity index (χ3v) is 12.2. The van der Waals surface area contributed by atoms with Gasteiger partial charge >= 0.3 is 0 Å². The van der Waals surface area contributed by atoms with Gasteiger partial charge in [-0.1, -0.05) is 124 Å². The molecule has 3 aromatic rings. The molecule has 2 fully saturated rings. The molecule has 1 atom stereocenters. The van der Waals surface area contributed by atoms with Crippen molar-refractivity contribution >= 4 is 23.8 Å². The molecule has 0 N–H and O–H groups in total. The van der Waals surface area contributed by atoms with Crippen molar-refractivity contribution in [3.8, 4) is 0 Å². The number of rotatable bonds is 9. The lowest BCUT2D eigenvalue weighted by Crippen LogP contribution is -2.30. The van der Waals surface area contributed by atoms with Gasteiger partial charge in [-0.3, -0.25) is 0 Å². The second-order valence-corrected chi connectivity index (χ2v) is 14.0. The van der Waals surface area contributed by atoms with Gasteiger partial charge < -0.3 is 0 Å². The molecule has 2 aliphatic rings. The summed E-state index contributed by atoms with van der Waals surface area (Å²) in [7, 11) is -0.553. The summed E-state index contributed by atoms with van der Waals surface area (Å²) in [5.41, 5.74) is 1.63. The van der Waals surface area contributed by atoms with E-state index >= 15 is 0 Å². The van der Waals surface area contributed by atoms with E-state index in [9.17, 15) is 0 Å². The molecule has 0 heterocycles.